The van der Waals surface area contributed by atoms with Crippen LogP contribution in [-0.4, -0.2) is 13.1 Å². The monoisotopic (exact) mass is 189 g/mol. The zero-order chi connectivity index (χ0) is 6.81. The summed E-state index contributed by atoms with van der Waals surface area (Å²) >= 11 is 1.85. The molecule has 2 heterocycles. The maximum atomic E-state index is 2.46. The van der Waals surface area contributed by atoms with E-state index >= 15 is 0 Å². The van der Waals surface area contributed by atoms with Crippen molar-refractivity contribution < 1.29 is 0 Å². The largest absolute Gasteiger partial charge is 0.363 e. The Hall–Kier alpha value is -0.210. The molecule has 0 aromatic carbocycles. The van der Waals surface area contributed by atoms with Crippen LogP contribution in [0.3, 0.4) is 0 Å². The van der Waals surface area contributed by atoms with Gasteiger partial charge in [-0.1, -0.05) is 0 Å². The zero-order valence-corrected chi connectivity index (χ0v) is 7.96. The third-order valence-corrected chi connectivity index (χ3v) is 2.85. The quantitative estimate of drug-likeness (QED) is 0.657. The van der Waals surface area contributed by atoms with E-state index in [1.165, 1.54) is 30.9 Å². The molecule has 1 fully saturated rings. The molecule has 62 valence electrons. The number of hydrogen-bond donors (Lipinski definition) is 0. The van der Waals surface area contributed by atoms with Crippen molar-refractivity contribution in [1.29, 1.82) is 0 Å². The molecule has 0 aliphatic carbocycles. The maximum absolute atomic E-state index is 2.46. The highest BCUT2D eigenvalue weighted by molar-refractivity contribution is 7.14. The number of halogens is 1. The van der Waals surface area contributed by atoms with Crippen LogP contribution < -0.4 is 4.90 Å². The van der Waals surface area contributed by atoms with Crippen LogP contribution in [0, 0.1) is 0 Å². The number of thiophene rings is 1. The topological polar surface area (TPSA) is 3.24 Å². The first-order valence-electron chi connectivity index (χ1n) is 3.75. The van der Waals surface area contributed by atoms with Gasteiger partial charge in [0.25, 0.3) is 0 Å². The van der Waals surface area contributed by atoms with Gasteiger partial charge in [0.15, 0.2) is 0 Å². The predicted octanol–water partition coefficient (Wildman–Crippen LogP) is 2.77. The first-order chi connectivity index (χ1) is 4.97. The van der Waals surface area contributed by atoms with E-state index in [0.717, 1.165) is 0 Å². The van der Waals surface area contributed by atoms with Gasteiger partial charge in [-0.15, -0.1) is 23.7 Å². The number of hydrogen-bond acceptors (Lipinski definition) is 2. The van der Waals surface area contributed by atoms with Crippen LogP contribution in [0.25, 0.3) is 0 Å². The molecule has 0 N–H and O–H groups in total. The van der Waals surface area contributed by atoms with Gasteiger partial charge >= 0.3 is 0 Å². The standard InChI is InChI=1S/C8H11NS.ClH/c1-2-6-9(5-1)8-4-3-7-10-8;/h3-4,7H,1-2,5-6H2;1H. The Morgan fingerprint density at radius 2 is 2.00 bits per heavy atom. The molecule has 1 nitrogen and oxygen atoms in total. The molecule has 11 heavy (non-hydrogen) atoms. The second kappa shape index (κ2) is 3.98. The molecule has 3 heteroatoms. The summed E-state index contributed by atoms with van der Waals surface area (Å²) in [5, 5.41) is 3.59. The second-order valence-electron chi connectivity index (χ2n) is 2.65. The highest BCUT2D eigenvalue weighted by atomic mass is 35.5. The van der Waals surface area contributed by atoms with E-state index in [4.69, 9.17) is 0 Å². The number of rotatable bonds is 1. The van der Waals surface area contributed by atoms with E-state index in [-0.39, 0.29) is 12.4 Å². The van der Waals surface area contributed by atoms with Crippen molar-refractivity contribution in [3.8, 4) is 0 Å². The van der Waals surface area contributed by atoms with Crippen molar-refractivity contribution in [3.05, 3.63) is 17.5 Å². The van der Waals surface area contributed by atoms with Gasteiger partial charge in [-0.25, -0.2) is 0 Å². The van der Waals surface area contributed by atoms with E-state index in [1.54, 1.807) is 0 Å². The van der Waals surface area contributed by atoms with Crippen LogP contribution >= 0.6 is 23.7 Å². The van der Waals surface area contributed by atoms with Crippen LogP contribution in [-0.2, 0) is 0 Å². The van der Waals surface area contributed by atoms with Gasteiger partial charge in [-0.2, -0.15) is 0 Å². The fourth-order valence-electron chi connectivity index (χ4n) is 1.39. The Labute approximate surface area is 77.4 Å². The molecular formula is C8H12ClNS. The normalized spacial score (nSPS) is 16.5. The summed E-state index contributed by atoms with van der Waals surface area (Å²) in [5.74, 6) is 0. The average molecular weight is 190 g/mol. The Morgan fingerprint density at radius 3 is 2.55 bits per heavy atom. The van der Waals surface area contributed by atoms with Gasteiger partial charge in [-0.3, -0.25) is 0 Å². The van der Waals surface area contributed by atoms with Gasteiger partial charge in [0.05, 0.1) is 5.00 Å². The van der Waals surface area contributed by atoms with Crippen molar-refractivity contribution in [2.24, 2.45) is 0 Å². The Morgan fingerprint density at radius 1 is 1.27 bits per heavy atom. The smallest absolute Gasteiger partial charge is 0.0908 e. The lowest BCUT2D eigenvalue weighted by atomic mass is 10.4. The molecule has 0 saturated carbocycles. The van der Waals surface area contributed by atoms with Crippen LogP contribution in [0.5, 0.6) is 0 Å². The lowest BCUT2D eigenvalue weighted by Crippen LogP contribution is -2.15. The highest BCUT2D eigenvalue weighted by Crippen LogP contribution is 2.24. The molecule has 0 amide bonds. The van der Waals surface area contributed by atoms with Gasteiger partial charge in [0.1, 0.15) is 0 Å². The highest BCUT2D eigenvalue weighted by Gasteiger charge is 2.11. The molecule has 1 aromatic heterocycles. The summed E-state index contributed by atoms with van der Waals surface area (Å²) in [6.45, 7) is 2.53. The Balaban J connectivity index is 0.000000605. The minimum Gasteiger partial charge on any atom is -0.363 e. The molecular weight excluding hydrogens is 178 g/mol. The molecule has 1 aliphatic heterocycles. The van der Waals surface area contributed by atoms with Crippen molar-refractivity contribution >= 4 is 28.7 Å². The summed E-state index contributed by atoms with van der Waals surface area (Å²) in [6.07, 6.45) is 2.75. The fourth-order valence-corrected chi connectivity index (χ4v) is 2.17. The first-order valence-corrected chi connectivity index (χ1v) is 4.63. The maximum Gasteiger partial charge on any atom is 0.0908 e. The van der Waals surface area contributed by atoms with Gasteiger partial charge in [0, 0.05) is 13.1 Å². The summed E-state index contributed by atoms with van der Waals surface area (Å²) in [4.78, 5) is 2.46. The predicted molar refractivity (Wildman–Crippen MR) is 53.0 cm³/mol. The average Bonchev–Trinajstić information content (AvgIpc) is 2.59. The third-order valence-electron chi connectivity index (χ3n) is 1.92. The van der Waals surface area contributed by atoms with Crippen LogP contribution in [0.2, 0.25) is 0 Å². The molecule has 0 radical (unpaired) electrons. The molecule has 0 unspecified atom stereocenters. The van der Waals surface area contributed by atoms with E-state index in [9.17, 15) is 0 Å². The van der Waals surface area contributed by atoms with Gasteiger partial charge in [0.2, 0.25) is 0 Å². The molecule has 1 aromatic rings. The van der Waals surface area contributed by atoms with Gasteiger partial charge in [-0.05, 0) is 30.4 Å². The van der Waals surface area contributed by atoms with Crippen molar-refractivity contribution in [1.82, 2.24) is 0 Å². The van der Waals surface area contributed by atoms with E-state index in [2.05, 4.69) is 22.4 Å². The van der Waals surface area contributed by atoms with E-state index in [1.807, 2.05) is 11.3 Å². The summed E-state index contributed by atoms with van der Waals surface area (Å²) in [6, 6.07) is 4.33. The third kappa shape index (κ3) is 1.88. The van der Waals surface area contributed by atoms with Crippen LogP contribution in [0.1, 0.15) is 12.8 Å². The zero-order valence-electron chi connectivity index (χ0n) is 6.32. The Bertz CT molecular complexity index is 192. The molecule has 0 atom stereocenters. The minimum atomic E-state index is 0. The SMILES string of the molecule is Cl.c1csc(N2CCCC2)c1. The minimum absolute atomic E-state index is 0. The lowest BCUT2D eigenvalue weighted by Gasteiger charge is -2.13. The number of nitrogens with zero attached hydrogens (tertiary/aromatic N) is 1. The van der Waals surface area contributed by atoms with Crippen LogP contribution in [0.15, 0.2) is 17.5 Å². The molecule has 0 spiro atoms. The van der Waals surface area contributed by atoms with Gasteiger partial charge < -0.3 is 4.90 Å². The molecule has 1 aliphatic rings. The fraction of sp³-hybridized carbons (Fsp3) is 0.500. The Kier molecular flexibility index (Phi) is 3.21. The number of anilines is 1. The second-order valence-corrected chi connectivity index (χ2v) is 3.57. The van der Waals surface area contributed by atoms with E-state index < -0.39 is 0 Å². The summed E-state index contributed by atoms with van der Waals surface area (Å²) in [5.41, 5.74) is 0. The molecule has 1 saturated heterocycles. The summed E-state index contributed by atoms with van der Waals surface area (Å²) in [7, 11) is 0. The van der Waals surface area contributed by atoms with Crippen molar-refractivity contribution in [2.75, 3.05) is 18.0 Å². The summed E-state index contributed by atoms with van der Waals surface area (Å²) < 4.78 is 0. The lowest BCUT2D eigenvalue weighted by molar-refractivity contribution is 0.949. The van der Waals surface area contributed by atoms with Crippen molar-refractivity contribution in [2.45, 2.75) is 12.8 Å². The molecule has 0 bridgehead atoms. The van der Waals surface area contributed by atoms with E-state index in [0.29, 0.717) is 0 Å². The first kappa shape index (κ1) is 8.88. The van der Waals surface area contributed by atoms with Crippen LogP contribution in [0.4, 0.5) is 5.00 Å². The molecule has 2 rings (SSSR count). The van der Waals surface area contributed by atoms with Crippen molar-refractivity contribution in [3.63, 3.8) is 0 Å².